The normalized spacial score (nSPS) is 28.8. The van der Waals surface area contributed by atoms with Crippen LogP contribution in [0, 0.1) is 17.3 Å². The Morgan fingerprint density at radius 2 is 1.40 bits per heavy atom. The van der Waals surface area contributed by atoms with Crippen molar-refractivity contribution in [2.24, 2.45) is 17.3 Å². The first-order chi connectivity index (χ1) is 19.7. The molecule has 0 bridgehead atoms. The van der Waals surface area contributed by atoms with Crippen molar-refractivity contribution in [2.75, 3.05) is 0 Å². The van der Waals surface area contributed by atoms with Crippen molar-refractivity contribution in [3.8, 4) is 5.75 Å². The van der Waals surface area contributed by atoms with Crippen LogP contribution in [0.2, 0.25) is 0 Å². The van der Waals surface area contributed by atoms with Gasteiger partial charge in [0.2, 0.25) is 0 Å². The molecule has 4 aromatic rings. The Hall–Kier alpha value is -3.36. The van der Waals surface area contributed by atoms with E-state index in [4.69, 9.17) is 9.47 Å². The van der Waals surface area contributed by atoms with E-state index < -0.39 is 0 Å². The number of benzene rings is 4. The highest BCUT2D eigenvalue weighted by Gasteiger charge is 2.58. The largest absolute Gasteiger partial charge is 0.489 e. The molecule has 204 valence electrons. The zero-order chi connectivity index (χ0) is 26.9. The van der Waals surface area contributed by atoms with Crippen LogP contribution in [0.15, 0.2) is 109 Å². The molecule has 2 fully saturated rings. The van der Waals surface area contributed by atoms with E-state index in [1.165, 1.54) is 47.9 Å². The molecule has 3 aliphatic carbocycles. The molecule has 0 N–H and O–H groups in total. The Morgan fingerprint density at radius 1 is 0.725 bits per heavy atom. The van der Waals surface area contributed by atoms with E-state index in [0.29, 0.717) is 43.0 Å². The SMILES string of the molecule is C[C@]12C[C@@H](c3ccccc3)[C@@H]3c4ccc(OCc5ccccc5)cc4CC[C@H]3[C@@H]1CC[C@@H]2OCc1ccccc1. The van der Waals surface area contributed by atoms with Crippen LogP contribution in [-0.4, -0.2) is 6.10 Å². The maximum Gasteiger partial charge on any atom is 0.120 e. The van der Waals surface area contributed by atoms with Gasteiger partial charge in [0.05, 0.1) is 12.7 Å². The summed E-state index contributed by atoms with van der Waals surface area (Å²) in [6.07, 6.45) is 6.37. The standard InChI is InChI=1S/C38H40O2/c1-38-24-34(29-15-9-4-10-16-29)37-32-20-18-31(39-25-27-11-5-2-6-12-27)23-30(32)17-19-33(37)35(38)21-22-36(38)40-26-28-13-7-3-8-14-28/h2-16,18,20,23,33-37H,17,19,21-22,24-26H2,1H3/t33-,34-,35-,36-,37+,38-/m0/s1. The van der Waals surface area contributed by atoms with Crippen LogP contribution in [0.1, 0.15) is 72.3 Å². The van der Waals surface area contributed by atoms with Crippen LogP contribution < -0.4 is 4.74 Å². The summed E-state index contributed by atoms with van der Waals surface area (Å²) in [5.74, 6) is 3.45. The van der Waals surface area contributed by atoms with Gasteiger partial charge in [0, 0.05) is 0 Å². The zero-order valence-corrected chi connectivity index (χ0v) is 23.5. The van der Waals surface area contributed by atoms with Crippen LogP contribution in [0.25, 0.3) is 0 Å². The van der Waals surface area contributed by atoms with Gasteiger partial charge in [-0.25, -0.2) is 0 Å². The van der Waals surface area contributed by atoms with Crippen molar-refractivity contribution in [1.29, 1.82) is 0 Å². The molecule has 6 atom stereocenters. The van der Waals surface area contributed by atoms with Crippen molar-refractivity contribution in [2.45, 2.75) is 70.2 Å². The molecule has 4 aromatic carbocycles. The molecule has 2 nitrogen and oxygen atoms in total. The Kier molecular flexibility index (Phi) is 6.97. The first-order valence-electron chi connectivity index (χ1n) is 15.2. The van der Waals surface area contributed by atoms with Crippen molar-refractivity contribution in [1.82, 2.24) is 0 Å². The van der Waals surface area contributed by atoms with Crippen LogP contribution in [0.3, 0.4) is 0 Å². The molecular weight excluding hydrogens is 488 g/mol. The van der Waals surface area contributed by atoms with Gasteiger partial charge in [-0.2, -0.15) is 0 Å². The average molecular weight is 529 g/mol. The predicted octanol–water partition coefficient (Wildman–Crippen LogP) is 9.10. The van der Waals surface area contributed by atoms with E-state index in [2.05, 4.69) is 116 Å². The smallest absolute Gasteiger partial charge is 0.120 e. The first kappa shape index (κ1) is 25.6. The molecule has 0 amide bonds. The monoisotopic (exact) mass is 528 g/mol. The Labute approximate surface area is 239 Å². The quantitative estimate of drug-likeness (QED) is 0.238. The molecule has 2 saturated carbocycles. The summed E-state index contributed by atoms with van der Waals surface area (Å²) in [5, 5.41) is 0. The lowest BCUT2D eigenvalue weighted by Crippen LogP contribution is -2.47. The summed E-state index contributed by atoms with van der Waals surface area (Å²) in [6, 6.07) is 39.5. The van der Waals surface area contributed by atoms with Gasteiger partial charge in [-0.05, 0) is 101 Å². The lowest BCUT2D eigenvalue weighted by Gasteiger charge is -2.54. The highest BCUT2D eigenvalue weighted by molar-refractivity contribution is 5.44. The Balaban J connectivity index is 1.18. The molecule has 0 heterocycles. The Morgan fingerprint density at radius 3 is 2.12 bits per heavy atom. The third-order valence-electron chi connectivity index (χ3n) is 10.4. The molecule has 40 heavy (non-hydrogen) atoms. The molecule has 3 aliphatic rings. The topological polar surface area (TPSA) is 18.5 Å². The minimum atomic E-state index is 0.201. The number of ether oxygens (including phenoxy) is 2. The van der Waals surface area contributed by atoms with Gasteiger partial charge >= 0.3 is 0 Å². The summed E-state index contributed by atoms with van der Waals surface area (Å²) in [7, 11) is 0. The Bertz CT molecular complexity index is 1420. The molecule has 2 heteroatoms. The number of hydrogen-bond acceptors (Lipinski definition) is 2. The molecule has 0 aromatic heterocycles. The maximum atomic E-state index is 6.76. The minimum absolute atomic E-state index is 0.201. The second-order valence-electron chi connectivity index (χ2n) is 12.6. The van der Waals surface area contributed by atoms with Crippen LogP contribution in [0.5, 0.6) is 5.75 Å². The second kappa shape index (κ2) is 10.9. The van der Waals surface area contributed by atoms with E-state index in [-0.39, 0.29) is 5.41 Å². The van der Waals surface area contributed by atoms with Crippen molar-refractivity contribution < 1.29 is 9.47 Å². The van der Waals surface area contributed by atoms with Gasteiger partial charge in [-0.3, -0.25) is 0 Å². The summed E-state index contributed by atoms with van der Waals surface area (Å²) in [6.45, 7) is 3.89. The fourth-order valence-corrected chi connectivity index (χ4v) is 8.54. The molecule has 7 rings (SSSR count). The van der Waals surface area contributed by atoms with Crippen molar-refractivity contribution >= 4 is 0 Å². The summed E-state index contributed by atoms with van der Waals surface area (Å²) < 4.78 is 13.0. The summed E-state index contributed by atoms with van der Waals surface area (Å²) in [5.41, 5.74) is 7.23. The molecule has 0 saturated heterocycles. The van der Waals surface area contributed by atoms with Gasteiger partial charge in [-0.1, -0.05) is 104 Å². The fraction of sp³-hybridized carbons (Fsp3) is 0.368. The molecule has 0 aliphatic heterocycles. The first-order valence-corrected chi connectivity index (χ1v) is 15.2. The van der Waals surface area contributed by atoms with E-state index in [1.807, 2.05) is 0 Å². The molecule has 0 spiro atoms. The third-order valence-corrected chi connectivity index (χ3v) is 10.4. The fourth-order valence-electron chi connectivity index (χ4n) is 8.54. The zero-order valence-electron chi connectivity index (χ0n) is 23.5. The number of rotatable bonds is 7. The van der Waals surface area contributed by atoms with Crippen molar-refractivity contribution in [3.05, 3.63) is 137 Å². The maximum absolute atomic E-state index is 6.76. The van der Waals surface area contributed by atoms with Gasteiger partial charge in [-0.15, -0.1) is 0 Å². The lowest BCUT2D eigenvalue weighted by atomic mass is 9.51. The van der Waals surface area contributed by atoms with Gasteiger partial charge in [0.25, 0.3) is 0 Å². The van der Waals surface area contributed by atoms with E-state index >= 15 is 0 Å². The van der Waals surface area contributed by atoms with Gasteiger partial charge < -0.3 is 9.47 Å². The molecular formula is C38H40O2. The van der Waals surface area contributed by atoms with E-state index in [0.717, 1.165) is 12.2 Å². The molecule has 0 unspecified atom stereocenters. The second-order valence-corrected chi connectivity index (χ2v) is 12.6. The third kappa shape index (κ3) is 4.77. The highest BCUT2D eigenvalue weighted by Crippen LogP contribution is 2.65. The van der Waals surface area contributed by atoms with Crippen LogP contribution >= 0.6 is 0 Å². The van der Waals surface area contributed by atoms with Gasteiger partial charge in [0.1, 0.15) is 12.4 Å². The van der Waals surface area contributed by atoms with Crippen LogP contribution in [0.4, 0.5) is 0 Å². The molecule has 0 radical (unpaired) electrons. The van der Waals surface area contributed by atoms with E-state index in [9.17, 15) is 0 Å². The van der Waals surface area contributed by atoms with Crippen molar-refractivity contribution in [3.63, 3.8) is 0 Å². The average Bonchev–Trinajstić information content (AvgIpc) is 3.35. The summed E-state index contributed by atoms with van der Waals surface area (Å²) in [4.78, 5) is 0. The highest BCUT2D eigenvalue weighted by atomic mass is 16.5. The summed E-state index contributed by atoms with van der Waals surface area (Å²) >= 11 is 0. The minimum Gasteiger partial charge on any atom is -0.489 e. The number of hydrogen-bond donors (Lipinski definition) is 0. The van der Waals surface area contributed by atoms with Gasteiger partial charge in [0.15, 0.2) is 0 Å². The number of fused-ring (bicyclic) bond motifs is 5. The van der Waals surface area contributed by atoms with E-state index in [1.54, 1.807) is 5.56 Å². The lowest BCUT2D eigenvalue weighted by molar-refractivity contribution is -0.0766. The number of aryl methyl sites for hydroxylation is 1. The predicted molar refractivity (Wildman–Crippen MR) is 161 cm³/mol. The van der Waals surface area contributed by atoms with Crippen LogP contribution in [-0.2, 0) is 24.4 Å².